The van der Waals surface area contributed by atoms with E-state index in [-0.39, 0.29) is 12.4 Å². The molecular formula is C17H21FN2O2. The van der Waals surface area contributed by atoms with E-state index < -0.39 is 0 Å². The summed E-state index contributed by atoms with van der Waals surface area (Å²) in [4.78, 5) is 0. The number of aryl methyl sites for hydroxylation is 1. The summed E-state index contributed by atoms with van der Waals surface area (Å²) < 4.78 is 21.2. The number of benzene rings is 1. The van der Waals surface area contributed by atoms with Gasteiger partial charge >= 0.3 is 0 Å². The molecule has 5 heteroatoms. The van der Waals surface area contributed by atoms with E-state index in [4.69, 9.17) is 9.84 Å². The fraction of sp³-hybridized carbons (Fsp3) is 0.471. The number of hydrogen-bond donors (Lipinski definition) is 1. The Morgan fingerprint density at radius 2 is 2.14 bits per heavy atom. The molecule has 2 aromatic rings. The first-order chi connectivity index (χ1) is 10.7. The number of hydrogen-bond acceptors (Lipinski definition) is 3. The Bertz CT molecular complexity index is 648. The summed E-state index contributed by atoms with van der Waals surface area (Å²) >= 11 is 0. The number of rotatable bonds is 4. The van der Waals surface area contributed by atoms with Crippen molar-refractivity contribution in [2.75, 3.05) is 13.2 Å². The van der Waals surface area contributed by atoms with Crippen LogP contribution in [-0.2, 0) is 17.9 Å². The van der Waals surface area contributed by atoms with Crippen molar-refractivity contribution in [1.29, 1.82) is 0 Å². The lowest BCUT2D eigenvalue weighted by Crippen LogP contribution is -2.20. The highest BCUT2D eigenvalue weighted by molar-refractivity contribution is 5.66. The molecule has 1 N–H and O–H groups in total. The smallest absolute Gasteiger partial charge is 0.129 e. The number of nitrogens with zero attached hydrogens (tertiary/aromatic N) is 2. The zero-order chi connectivity index (χ0) is 15.5. The molecule has 2 heterocycles. The average Bonchev–Trinajstić information content (AvgIpc) is 2.98. The van der Waals surface area contributed by atoms with Gasteiger partial charge in [-0.15, -0.1) is 0 Å². The maximum absolute atomic E-state index is 13.9. The number of ether oxygens (including phenoxy) is 1. The van der Waals surface area contributed by atoms with Gasteiger partial charge in [0.25, 0.3) is 0 Å². The Hall–Kier alpha value is -1.72. The highest BCUT2D eigenvalue weighted by Crippen LogP contribution is 2.26. The fourth-order valence-electron chi connectivity index (χ4n) is 2.97. The van der Waals surface area contributed by atoms with Gasteiger partial charge in [-0.1, -0.05) is 6.07 Å². The molecule has 0 spiro atoms. The third-order valence-corrected chi connectivity index (χ3v) is 4.29. The standard InChI is InChI=1S/C17H21FN2O2/c1-12-6-14(11-21)17(18)7-16(12)15-8-19-20(10-15)9-13-2-4-22-5-3-13/h6-8,10,13,21H,2-5,9,11H2,1H3. The molecule has 1 aliphatic rings. The molecule has 1 saturated heterocycles. The maximum Gasteiger partial charge on any atom is 0.129 e. The van der Waals surface area contributed by atoms with E-state index in [2.05, 4.69) is 5.10 Å². The third-order valence-electron chi connectivity index (χ3n) is 4.29. The fourth-order valence-corrected chi connectivity index (χ4v) is 2.97. The van der Waals surface area contributed by atoms with Gasteiger partial charge in [-0.3, -0.25) is 4.68 Å². The van der Waals surface area contributed by atoms with Crippen LogP contribution in [0.4, 0.5) is 4.39 Å². The van der Waals surface area contributed by atoms with Crippen molar-refractivity contribution in [3.05, 3.63) is 41.5 Å². The summed E-state index contributed by atoms with van der Waals surface area (Å²) in [7, 11) is 0. The molecule has 1 aromatic carbocycles. The van der Waals surface area contributed by atoms with Crippen molar-refractivity contribution >= 4 is 0 Å². The van der Waals surface area contributed by atoms with Crippen molar-refractivity contribution < 1.29 is 14.2 Å². The van der Waals surface area contributed by atoms with E-state index in [1.165, 1.54) is 6.07 Å². The zero-order valence-corrected chi connectivity index (χ0v) is 12.8. The SMILES string of the molecule is Cc1cc(CO)c(F)cc1-c1cnn(CC2CCOCC2)c1. The van der Waals surface area contributed by atoms with Gasteiger partial charge < -0.3 is 9.84 Å². The number of halogens is 1. The second kappa shape index (κ2) is 6.58. The molecule has 0 saturated carbocycles. The number of aromatic nitrogens is 2. The molecule has 0 unspecified atom stereocenters. The Morgan fingerprint density at radius 1 is 1.36 bits per heavy atom. The van der Waals surface area contributed by atoms with Crippen molar-refractivity contribution in [3.63, 3.8) is 0 Å². The van der Waals surface area contributed by atoms with Crippen molar-refractivity contribution in [2.24, 2.45) is 5.92 Å². The van der Waals surface area contributed by atoms with Crippen LogP contribution in [0, 0.1) is 18.7 Å². The van der Waals surface area contributed by atoms with E-state index in [1.54, 1.807) is 12.3 Å². The van der Waals surface area contributed by atoms with E-state index >= 15 is 0 Å². The van der Waals surface area contributed by atoms with Gasteiger partial charge in [0, 0.05) is 37.1 Å². The lowest BCUT2D eigenvalue weighted by molar-refractivity contribution is 0.0601. The number of aliphatic hydroxyl groups is 1. The second-order valence-corrected chi connectivity index (χ2v) is 5.92. The summed E-state index contributed by atoms with van der Waals surface area (Å²) in [6.45, 7) is 4.16. The Balaban J connectivity index is 1.79. The average molecular weight is 304 g/mol. The van der Waals surface area contributed by atoms with Crippen LogP contribution in [0.5, 0.6) is 0 Å². The quantitative estimate of drug-likeness (QED) is 0.945. The lowest BCUT2D eigenvalue weighted by atomic mass is 10.00. The molecule has 4 nitrogen and oxygen atoms in total. The van der Waals surface area contributed by atoms with E-state index in [0.29, 0.717) is 11.5 Å². The van der Waals surface area contributed by atoms with Gasteiger partial charge in [-0.25, -0.2) is 4.39 Å². The molecule has 1 aliphatic heterocycles. The predicted octanol–water partition coefficient (Wildman–Crippen LogP) is 2.92. The minimum absolute atomic E-state index is 0.282. The Morgan fingerprint density at radius 3 is 2.86 bits per heavy atom. The van der Waals surface area contributed by atoms with E-state index in [9.17, 15) is 4.39 Å². The van der Waals surface area contributed by atoms with Crippen LogP contribution in [0.3, 0.4) is 0 Å². The van der Waals surface area contributed by atoms with Gasteiger partial charge in [-0.05, 0) is 42.9 Å². The van der Waals surface area contributed by atoms with Crippen molar-refractivity contribution in [1.82, 2.24) is 9.78 Å². The van der Waals surface area contributed by atoms with Crippen LogP contribution < -0.4 is 0 Å². The predicted molar refractivity (Wildman–Crippen MR) is 81.8 cm³/mol. The monoisotopic (exact) mass is 304 g/mol. The Labute approximate surface area is 129 Å². The summed E-state index contributed by atoms with van der Waals surface area (Å²) in [5, 5.41) is 13.5. The molecule has 1 fully saturated rings. The maximum atomic E-state index is 13.9. The topological polar surface area (TPSA) is 47.3 Å². The van der Waals surface area contributed by atoms with Crippen LogP contribution in [0.1, 0.15) is 24.0 Å². The molecule has 0 aliphatic carbocycles. The van der Waals surface area contributed by atoms with Gasteiger partial charge in [0.2, 0.25) is 0 Å². The molecule has 22 heavy (non-hydrogen) atoms. The highest BCUT2D eigenvalue weighted by Gasteiger charge is 2.16. The summed E-state index contributed by atoms with van der Waals surface area (Å²) in [5.41, 5.74) is 3.01. The Kier molecular flexibility index (Phi) is 4.55. The van der Waals surface area contributed by atoms with Crippen molar-refractivity contribution in [3.8, 4) is 11.1 Å². The summed E-state index contributed by atoms with van der Waals surface area (Å²) in [5.74, 6) is 0.219. The normalized spacial score (nSPS) is 16.1. The van der Waals surface area contributed by atoms with Crippen LogP contribution >= 0.6 is 0 Å². The molecular weight excluding hydrogens is 283 g/mol. The molecule has 0 radical (unpaired) electrons. The minimum Gasteiger partial charge on any atom is -0.392 e. The van der Waals surface area contributed by atoms with Crippen LogP contribution in [-0.4, -0.2) is 28.1 Å². The summed E-state index contributed by atoms with van der Waals surface area (Å²) in [6.07, 6.45) is 5.87. The molecule has 0 bridgehead atoms. The first-order valence-electron chi connectivity index (χ1n) is 7.68. The highest BCUT2D eigenvalue weighted by atomic mass is 19.1. The summed E-state index contributed by atoms with van der Waals surface area (Å²) in [6, 6.07) is 3.18. The van der Waals surface area contributed by atoms with Crippen LogP contribution in [0.25, 0.3) is 11.1 Å². The first kappa shape index (κ1) is 15.2. The molecule has 118 valence electrons. The van der Waals surface area contributed by atoms with Crippen LogP contribution in [0.2, 0.25) is 0 Å². The number of aliphatic hydroxyl groups excluding tert-OH is 1. The zero-order valence-electron chi connectivity index (χ0n) is 12.8. The van der Waals surface area contributed by atoms with Gasteiger partial charge in [0.15, 0.2) is 0 Å². The molecule has 0 atom stereocenters. The van der Waals surface area contributed by atoms with Crippen molar-refractivity contribution in [2.45, 2.75) is 32.9 Å². The third kappa shape index (κ3) is 3.20. The van der Waals surface area contributed by atoms with Gasteiger partial charge in [0.05, 0.1) is 12.8 Å². The first-order valence-corrected chi connectivity index (χ1v) is 7.68. The lowest BCUT2D eigenvalue weighted by Gasteiger charge is -2.21. The molecule has 1 aromatic heterocycles. The largest absolute Gasteiger partial charge is 0.392 e. The van der Waals surface area contributed by atoms with Crippen LogP contribution in [0.15, 0.2) is 24.5 Å². The second-order valence-electron chi connectivity index (χ2n) is 5.92. The van der Waals surface area contributed by atoms with Gasteiger partial charge in [-0.2, -0.15) is 5.10 Å². The minimum atomic E-state index is -0.375. The van der Waals surface area contributed by atoms with E-state index in [1.807, 2.05) is 17.8 Å². The molecule has 3 rings (SSSR count). The van der Waals surface area contributed by atoms with Gasteiger partial charge in [0.1, 0.15) is 5.82 Å². The van der Waals surface area contributed by atoms with E-state index in [0.717, 1.165) is 49.3 Å². The molecule has 0 amide bonds.